The summed E-state index contributed by atoms with van der Waals surface area (Å²) in [5.74, 6) is 0.749. The zero-order valence-corrected chi connectivity index (χ0v) is 15.4. The lowest BCUT2D eigenvalue weighted by Crippen LogP contribution is -2.05. The quantitative estimate of drug-likeness (QED) is 0.471. The Morgan fingerprint density at radius 2 is 1.52 bits per heavy atom. The van der Waals surface area contributed by atoms with Gasteiger partial charge in [0.25, 0.3) is 0 Å². The summed E-state index contributed by atoms with van der Waals surface area (Å²) in [6, 6.07) is 23.7. The van der Waals surface area contributed by atoms with E-state index < -0.39 is 0 Å². The average Bonchev–Trinajstić information content (AvgIpc) is 3.36. The van der Waals surface area contributed by atoms with Gasteiger partial charge in [0.15, 0.2) is 0 Å². The highest BCUT2D eigenvalue weighted by Gasteiger charge is 2.22. The van der Waals surface area contributed by atoms with Gasteiger partial charge >= 0.3 is 0 Å². The van der Waals surface area contributed by atoms with Crippen molar-refractivity contribution in [2.45, 2.75) is 19.8 Å². The van der Waals surface area contributed by atoms with Crippen LogP contribution in [-0.4, -0.2) is 10.8 Å². The van der Waals surface area contributed by atoms with Crippen LogP contribution >= 0.6 is 0 Å². The van der Waals surface area contributed by atoms with Crippen LogP contribution in [0.3, 0.4) is 0 Å². The number of furan rings is 1. The van der Waals surface area contributed by atoms with Crippen molar-refractivity contribution >= 4 is 5.78 Å². The van der Waals surface area contributed by atoms with E-state index >= 15 is 0 Å². The van der Waals surface area contributed by atoms with E-state index in [1.54, 1.807) is 6.26 Å². The van der Waals surface area contributed by atoms with Crippen LogP contribution in [0, 0.1) is 13.8 Å². The van der Waals surface area contributed by atoms with Gasteiger partial charge in [0.05, 0.1) is 17.9 Å². The molecule has 1 N–H and O–H groups in total. The number of hydrogen-bond donors (Lipinski definition) is 1. The molecule has 0 aliphatic rings. The molecule has 0 spiro atoms. The van der Waals surface area contributed by atoms with Gasteiger partial charge in [0, 0.05) is 11.3 Å². The minimum absolute atomic E-state index is 0.0108. The Labute approximate surface area is 158 Å². The minimum atomic E-state index is -0.0832. The first-order valence-corrected chi connectivity index (χ1v) is 9.02. The third-order valence-corrected chi connectivity index (χ3v) is 4.82. The molecule has 0 saturated heterocycles. The normalized spacial score (nSPS) is 12.1. The van der Waals surface area contributed by atoms with Crippen molar-refractivity contribution in [1.29, 1.82) is 0 Å². The molecular formula is C24H21NO2. The Morgan fingerprint density at radius 3 is 2.15 bits per heavy atom. The van der Waals surface area contributed by atoms with E-state index in [9.17, 15) is 4.79 Å². The molecule has 1 atom stereocenters. The number of ketones is 1. The van der Waals surface area contributed by atoms with Gasteiger partial charge in [-0.2, -0.15) is 0 Å². The second kappa shape index (κ2) is 7.12. The summed E-state index contributed by atoms with van der Waals surface area (Å²) in [5, 5.41) is 0. The molecule has 0 amide bonds. The summed E-state index contributed by atoms with van der Waals surface area (Å²) < 4.78 is 5.70. The molecule has 0 fully saturated rings. The molecule has 2 heterocycles. The predicted molar refractivity (Wildman–Crippen MR) is 106 cm³/mol. The predicted octanol–water partition coefficient (Wildman–Crippen LogP) is 5.64. The van der Waals surface area contributed by atoms with Crippen molar-refractivity contribution in [2.24, 2.45) is 0 Å². The molecule has 1 unspecified atom stereocenters. The molecule has 134 valence electrons. The fraction of sp³-hybridized carbons (Fsp3) is 0.125. The first-order valence-electron chi connectivity index (χ1n) is 9.02. The van der Waals surface area contributed by atoms with E-state index in [-0.39, 0.29) is 11.7 Å². The molecule has 4 rings (SSSR count). The maximum Gasteiger partial charge on any atom is 0.209 e. The summed E-state index contributed by atoms with van der Waals surface area (Å²) >= 11 is 0. The fourth-order valence-corrected chi connectivity index (χ4v) is 3.28. The molecule has 0 bridgehead atoms. The Hall–Kier alpha value is -3.33. The number of aromatic nitrogens is 1. The summed E-state index contributed by atoms with van der Waals surface area (Å²) in [6.07, 6.45) is 1.68. The van der Waals surface area contributed by atoms with Crippen molar-refractivity contribution in [1.82, 2.24) is 4.98 Å². The van der Waals surface area contributed by atoms with Crippen molar-refractivity contribution in [2.75, 3.05) is 0 Å². The second-order valence-corrected chi connectivity index (χ2v) is 6.88. The van der Waals surface area contributed by atoms with Crippen LogP contribution in [0.4, 0.5) is 0 Å². The number of carbonyl (C=O) groups excluding carboxylic acids is 1. The smallest absolute Gasteiger partial charge is 0.209 e. The van der Waals surface area contributed by atoms with Gasteiger partial charge in [0.1, 0.15) is 5.76 Å². The highest BCUT2D eigenvalue weighted by Crippen LogP contribution is 2.32. The van der Waals surface area contributed by atoms with Gasteiger partial charge in [0.2, 0.25) is 5.78 Å². The minimum Gasteiger partial charge on any atom is -0.468 e. The average molecular weight is 355 g/mol. The summed E-state index contributed by atoms with van der Waals surface area (Å²) in [5.41, 5.74) is 5.65. The summed E-state index contributed by atoms with van der Waals surface area (Å²) in [7, 11) is 0. The van der Waals surface area contributed by atoms with E-state index in [0.717, 1.165) is 22.6 Å². The number of nitrogens with one attached hydrogen (secondary N) is 1. The molecule has 3 heteroatoms. The van der Waals surface area contributed by atoms with Gasteiger partial charge in [-0.25, -0.2) is 0 Å². The van der Waals surface area contributed by atoms with Gasteiger partial charge < -0.3 is 9.40 Å². The highest BCUT2D eigenvalue weighted by molar-refractivity contribution is 6.07. The molecule has 0 aliphatic carbocycles. The lowest BCUT2D eigenvalue weighted by atomic mass is 9.93. The molecule has 2 aromatic carbocycles. The number of carbonyl (C=O) groups is 1. The van der Waals surface area contributed by atoms with Crippen molar-refractivity contribution in [3.8, 4) is 0 Å². The Bertz CT molecular complexity index is 1040. The summed E-state index contributed by atoms with van der Waals surface area (Å²) in [4.78, 5) is 16.1. The molecule has 0 aliphatic heterocycles. The fourth-order valence-electron chi connectivity index (χ4n) is 3.28. The van der Waals surface area contributed by atoms with Gasteiger partial charge in [-0.05, 0) is 43.7 Å². The number of aryl methyl sites for hydroxylation is 2. The van der Waals surface area contributed by atoms with Crippen LogP contribution in [0.5, 0.6) is 0 Å². The Balaban J connectivity index is 1.71. The van der Waals surface area contributed by atoms with E-state index in [0.29, 0.717) is 11.3 Å². The van der Waals surface area contributed by atoms with Crippen LogP contribution < -0.4 is 0 Å². The highest BCUT2D eigenvalue weighted by atomic mass is 16.3. The molecule has 27 heavy (non-hydrogen) atoms. The van der Waals surface area contributed by atoms with E-state index in [1.807, 2.05) is 55.5 Å². The van der Waals surface area contributed by atoms with Gasteiger partial charge in [-0.1, -0.05) is 59.7 Å². The molecular weight excluding hydrogens is 334 g/mol. The number of aromatic amines is 1. The first kappa shape index (κ1) is 17.1. The summed E-state index contributed by atoms with van der Waals surface area (Å²) in [6.45, 7) is 4.08. The third-order valence-electron chi connectivity index (χ3n) is 4.82. The molecule has 2 aromatic heterocycles. The largest absolute Gasteiger partial charge is 0.468 e. The van der Waals surface area contributed by atoms with E-state index in [1.165, 1.54) is 5.56 Å². The topological polar surface area (TPSA) is 46.0 Å². The Kier molecular flexibility index (Phi) is 4.51. The van der Waals surface area contributed by atoms with Crippen molar-refractivity contribution in [3.63, 3.8) is 0 Å². The maximum atomic E-state index is 12.8. The lowest BCUT2D eigenvalue weighted by molar-refractivity contribution is 0.103. The zero-order chi connectivity index (χ0) is 18.8. The second-order valence-electron chi connectivity index (χ2n) is 6.88. The lowest BCUT2D eigenvalue weighted by Gasteiger charge is -2.14. The maximum absolute atomic E-state index is 12.8. The van der Waals surface area contributed by atoms with E-state index in [4.69, 9.17) is 4.42 Å². The molecule has 3 nitrogen and oxygen atoms in total. The van der Waals surface area contributed by atoms with Gasteiger partial charge in [-0.15, -0.1) is 0 Å². The molecule has 0 saturated carbocycles. The first-order chi connectivity index (χ1) is 13.1. The van der Waals surface area contributed by atoms with Crippen molar-refractivity contribution in [3.05, 3.63) is 118 Å². The van der Waals surface area contributed by atoms with Crippen LogP contribution in [0.15, 0.2) is 83.5 Å². The number of hydrogen-bond acceptors (Lipinski definition) is 2. The number of benzene rings is 2. The third kappa shape index (κ3) is 3.49. The number of rotatable bonds is 5. The van der Waals surface area contributed by atoms with Crippen LogP contribution in [-0.2, 0) is 0 Å². The van der Waals surface area contributed by atoms with Crippen LogP contribution in [0.25, 0.3) is 0 Å². The van der Waals surface area contributed by atoms with Gasteiger partial charge in [-0.3, -0.25) is 4.79 Å². The number of H-pyrrole nitrogens is 1. The zero-order valence-electron chi connectivity index (χ0n) is 15.4. The Morgan fingerprint density at radius 1 is 0.852 bits per heavy atom. The molecule has 4 aromatic rings. The van der Waals surface area contributed by atoms with Crippen molar-refractivity contribution < 1.29 is 9.21 Å². The van der Waals surface area contributed by atoms with Crippen LogP contribution in [0.1, 0.15) is 50.1 Å². The van der Waals surface area contributed by atoms with E-state index in [2.05, 4.69) is 36.2 Å². The standard InChI is InChI=1S/C24H21NO2/c1-16-5-9-18(10-6-16)23(22-4-3-15-27-22)20-13-14-21(25-20)24(26)19-11-7-17(2)8-12-19/h3-15,23,25H,1-2H3. The molecule has 0 radical (unpaired) electrons. The monoisotopic (exact) mass is 355 g/mol. The SMILES string of the molecule is Cc1ccc(C(=O)c2ccc(C(c3ccc(C)cc3)c3ccco3)[nH]2)cc1. The van der Waals surface area contributed by atoms with Crippen LogP contribution in [0.2, 0.25) is 0 Å².